The monoisotopic (exact) mass is 269 g/mol. The second-order valence-corrected chi connectivity index (χ2v) is 4.79. The third-order valence-electron chi connectivity index (χ3n) is 2.96. The number of aryl methyl sites for hydroxylation is 1. The second-order valence-electron chi connectivity index (χ2n) is 4.35. The van der Waals surface area contributed by atoms with Gasteiger partial charge in [-0.05, 0) is 42.3 Å². The summed E-state index contributed by atoms with van der Waals surface area (Å²) < 4.78 is 5.63. The summed E-state index contributed by atoms with van der Waals surface area (Å²) in [5, 5.41) is 0.662. The molecule has 0 fully saturated rings. The first-order chi connectivity index (χ1) is 9.22. The average Bonchev–Trinajstić information content (AvgIpc) is 2.79. The summed E-state index contributed by atoms with van der Waals surface area (Å²) in [5.41, 5.74) is 3.89. The Balaban J connectivity index is 1.95. The van der Waals surface area contributed by atoms with Crippen LogP contribution in [0.5, 0.6) is 0 Å². The number of oxazole rings is 1. The van der Waals surface area contributed by atoms with Crippen molar-refractivity contribution in [1.29, 1.82) is 0 Å². The van der Waals surface area contributed by atoms with Gasteiger partial charge >= 0.3 is 0 Å². The van der Waals surface area contributed by atoms with Gasteiger partial charge in [0, 0.05) is 11.1 Å². The predicted octanol–water partition coefficient (Wildman–Crippen LogP) is 4.96. The van der Waals surface area contributed by atoms with E-state index in [2.05, 4.69) is 24.0 Å². The van der Waals surface area contributed by atoms with Gasteiger partial charge in [-0.1, -0.05) is 35.9 Å². The van der Waals surface area contributed by atoms with Crippen molar-refractivity contribution < 1.29 is 4.42 Å². The highest BCUT2D eigenvalue weighted by molar-refractivity contribution is 6.31. The summed E-state index contributed by atoms with van der Waals surface area (Å²) in [4.78, 5) is 4.38. The Hall–Kier alpha value is -2.06. The van der Waals surface area contributed by atoms with Crippen LogP contribution in [0.4, 0.5) is 0 Å². The van der Waals surface area contributed by atoms with E-state index in [1.54, 1.807) is 12.1 Å². The molecule has 0 amide bonds. The van der Waals surface area contributed by atoms with Crippen molar-refractivity contribution in [3.8, 4) is 0 Å². The van der Waals surface area contributed by atoms with Crippen LogP contribution >= 0.6 is 11.6 Å². The van der Waals surface area contributed by atoms with Crippen molar-refractivity contribution in [2.75, 3.05) is 0 Å². The second kappa shape index (κ2) is 4.90. The highest BCUT2D eigenvalue weighted by atomic mass is 35.5. The fourth-order valence-corrected chi connectivity index (χ4v) is 2.09. The lowest BCUT2D eigenvalue weighted by Gasteiger charge is -1.96. The molecule has 0 N–H and O–H groups in total. The topological polar surface area (TPSA) is 26.0 Å². The first-order valence-electron chi connectivity index (χ1n) is 6.02. The van der Waals surface area contributed by atoms with Gasteiger partial charge in [-0.15, -0.1) is 0 Å². The van der Waals surface area contributed by atoms with Crippen LogP contribution in [0.15, 0.2) is 46.9 Å². The molecule has 19 heavy (non-hydrogen) atoms. The molecule has 0 aliphatic heterocycles. The molecule has 1 aromatic heterocycles. The maximum Gasteiger partial charge on any atom is 0.220 e. The van der Waals surface area contributed by atoms with Crippen molar-refractivity contribution in [3.05, 3.63) is 64.5 Å². The summed E-state index contributed by atoms with van der Waals surface area (Å²) in [6, 6.07) is 13.6. The van der Waals surface area contributed by atoms with Crippen LogP contribution in [0.2, 0.25) is 5.02 Å². The number of benzene rings is 2. The number of halogens is 1. The molecule has 3 heteroatoms. The minimum atomic E-state index is 0.584. The lowest BCUT2D eigenvalue weighted by Crippen LogP contribution is -1.78. The molecule has 0 radical (unpaired) electrons. The zero-order valence-corrected chi connectivity index (χ0v) is 11.2. The molecular weight excluding hydrogens is 258 g/mol. The first kappa shape index (κ1) is 12.0. The minimum Gasteiger partial charge on any atom is -0.437 e. The highest BCUT2D eigenvalue weighted by Gasteiger charge is 2.03. The smallest absolute Gasteiger partial charge is 0.220 e. The van der Waals surface area contributed by atoms with Crippen LogP contribution in [-0.4, -0.2) is 4.98 Å². The molecule has 3 rings (SSSR count). The van der Waals surface area contributed by atoms with Gasteiger partial charge < -0.3 is 4.42 Å². The largest absolute Gasteiger partial charge is 0.437 e. The van der Waals surface area contributed by atoms with E-state index in [0.29, 0.717) is 10.9 Å². The molecule has 3 aromatic rings. The van der Waals surface area contributed by atoms with Gasteiger partial charge in [0.1, 0.15) is 5.52 Å². The molecule has 2 nitrogen and oxygen atoms in total. The van der Waals surface area contributed by atoms with Crippen LogP contribution in [-0.2, 0) is 0 Å². The molecule has 0 aliphatic rings. The Labute approximate surface area is 116 Å². The quantitative estimate of drug-likeness (QED) is 0.657. The Bertz CT molecular complexity index is 758. The number of nitrogens with zero attached hydrogens (tertiary/aromatic N) is 1. The van der Waals surface area contributed by atoms with Crippen molar-refractivity contribution in [1.82, 2.24) is 4.98 Å². The van der Waals surface area contributed by atoms with Gasteiger partial charge in [-0.25, -0.2) is 4.98 Å². The molecule has 0 aliphatic carbocycles. The summed E-state index contributed by atoms with van der Waals surface area (Å²) in [5.74, 6) is 0.584. The van der Waals surface area contributed by atoms with Crippen LogP contribution in [0.3, 0.4) is 0 Å². The van der Waals surface area contributed by atoms with Crippen LogP contribution in [0, 0.1) is 6.92 Å². The predicted molar refractivity (Wildman–Crippen MR) is 79.1 cm³/mol. The van der Waals surface area contributed by atoms with Crippen molar-refractivity contribution >= 4 is 34.9 Å². The van der Waals surface area contributed by atoms with Gasteiger partial charge in [-0.3, -0.25) is 0 Å². The van der Waals surface area contributed by atoms with E-state index in [4.69, 9.17) is 16.0 Å². The molecule has 2 aromatic carbocycles. The maximum absolute atomic E-state index is 5.92. The van der Waals surface area contributed by atoms with Gasteiger partial charge in [-0.2, -0.15) is 0 Å². The summed E-state index contributed by atoms with van der Waals surface area (Å²) in [6.07, 6.45) is 3.87. The third kappa shape index (κ3) is 2.54. The molecule has 94 valence electrons. The number of hydrogen-bond donors (Lipinski definition) is 0. The Morgan fingerprint density at radius 2 is 1.95 bits per heavy atom. The van der Waals surface area contributed by atoms with Crippen LogP contribution < -0.4 is 0 Å². The molecule has 0 spiro atoms. The molecule has 0 saturated heterocycles. The zero-order valence-electron chi connectivity index (χ0n) is 10.4. The number of aromatic nitrogens is 1. The van der Waals surface area contributed by atoms with Crippen LogP contribution in [0.1, 0.15) is 17.0 Å². The van der Waals surface area contributed by atoms with E-state index in [9.17, 15) is 0 Å². The summed E-state index contributed by atoms with van der Waals surface area (Å²) in [7, 11) is 0. The Kier molecular flexibility index (Phi) is 3.10. The van der Waals surface area contributed by atoms with E-state index < -0.39 is 0 Å². The Morgan fingerprint density at radius 1 is 1.11 bits per heavy atom. The molecule has 0 unspecified atom stereocenters. The molecular formula is C16H12ClNO. The maximum atomic E-state index is 5.92. The van der Waals surface area contributed by atoms with Crippen molar-refractivity contribution in [3.63, 3.8) is 0 Å². The number of hydrogen-bond acceptors (Lipinski definition) is 2. The van der Waals surface area contributed by atoms with Gasteiger partial charge in [0.05, 0.1) is 0 Å². The number of rotatable bonds is 2. The van der Waals surface area contributed by atoms with E-state index >= 15 is 0 Å². The summed E-state index contributed by atoms with van der Waals surface area (Å²) >= 11 is 5.92. The standard InChI is InChI=1S/C16H12ClNO/c1-11-4-2-3-5-12(11)6-9-16-18-14-10-13(17)7-8-15(14)19-16/h2-10H,1H3/b9-6+. The average molecular weight is 270 g/mol. The minimum absolute atomic E-state index is 0.584. The first-order valence-corrected chi connectivity index (χ1v) is 6.40. The van der Waals surface area contributed by atoms with Crippen LogP contribution in [0.25, 0.3) is 23.3 Å². The molecule has 0 bridgehead atoms. The van der Waals surface area contributed by atoms with Gasteiger partial charge in [0.15, 0.2) is 5.58 Å². The number of fused-ring (bicyclic) bond motifs is 1. The van der Waals surface area contributed by atoms with E-state index in [0.717, 1.165) is 16.7 Å². The van der Waals surface area contributed by atoms with E-state index in [-0.39, 0.29) is 0 Å². The highest BCUT2D eigenvalue weighted by Crippen LogP contribution is 2.21. The SMILES string of the molecule is Cc1ccccc1/C=C/c1nc2cc(Cl)ccc2o1. The van der Waals surface area contributed by atoms with E-state index in [1.807, 2.05) is 30.4 Å². The third-order valence-corrected chi connectivity index (χ3v) is 3.20. The Morgan fingerprint density at radius 3 is 2.79 bits per heavy atom. The zero-order chi connectivity index (χ0) is 13.2. The normalized spacial score (nSPS) is 11.5. The lowest BCUT2D eigenvalue weighted by atomic mass is 10.1. The fraction of sp³-hybridized carbons (Fsp3) is 0.0625. The summed E-state index contributed by atoms with van der Waals surface area (Å²) in [6.45, 7) is 2.07. The van der Waals surface area contributed by atoms with Crippen molar-refractivity contribution in [2.45, 2.75) is 6.92 Å². The molecule has 0 saturated carbocycles. The molecule has 1 heterocycles. The lowest BCUT2D eigenvalue weighted by molar-refractivity contribution is 0.590. The molecule has 0 atom stereocenters. The van der Waals surface area contributed by atoms with Gasteiger partial charge in [0.2, 0.25) is 5.89 Å². The van der Waals surface area contributed by atoms with Gasteiger partial charge in [0.25, 0.3) is 0 Å². The van der Waals surface area contributed by atoms with Crippen molar-refractivity contribution in [2.24, 2.45) is 0 Å². The van der Waals surface area contributed by atoms with E-state index in [1.165, 1.54) is 5.56 Å². The fourth-order valence-electron chi connectivity index (χ4n) is 1.92.